The lowest BCUT2D eigenvalue weighted by atomic mass is 10.1. The number of hydrogen-bond donors (Lipinski definition) is 2. The highest BCUT2D eigenvalue weighted by molar-refractivity contribution is 5.95. The molecule has 6 nitrogen and oxygen atoms in total. The second-order valence-electron chi connectivity index (χ2n) is 4.35. The van der Waals surface area contributed by atoms with Crippen molar-refractivity contribution < 1.29 is 14.6 Å². The molecule has 0 bridgehead atoms. The number of pyridine rings is 1. The Kier molecular flexibility index (Phi) is 5.72. The smallest absolute Gasteiger partial charge is 0.261 e. The van der Waals surface area contributed by atoms with Crippen LogP contribution in [0.15, 0.2) is 10.9 Å². The van der Waals surface area contributed by atoms with Crippen LogP contribution in [0.5, 0.6) is 0 Å². The minimum atomic E-state index is -0.400. The molecule has 19 heavy (non-hydrogen) atoms. The van der Waals surface area contributed by atoms with Gasteiger partial charge in [-0.1, -0.05) is 0 Å². The van der Waals surface area contributed by atoms with Gasteiger partial charge in [0.25, 0.3) is 11.5 Å². The molecule has 0 aromatic carbocycles. The molecule has 0 radical (unpaired) electrons. The summed E-state index contributed by atoms with van der Waals surface area (Å²) in [6.07, 6.45) is 0. The number of hydrogen-bond acceptors (Lipinski definition) is 4. The van der Waals surface area contributed by atoms with Gasteiger partial charge in [-0.15, -0.1) is 0 Å². The number of aromatic amines is 1. The number of nitrogens with one attached hydrogen (secondary N) is 1. The summed E-state index contributed by atoms with van der Waals surface area (Å²) in [4.78, 5) is 28.3. The average molecular weight is 268 g/mol. The van der Waals surface area contributed by atoms with Crippen molar-refractivity contribution in [3.63, 3.8) is 0 Å². The average Bonchev–Trinajstić information content (AvgIpc) is 2.33. The fraction of sp³-hybridized carbons (Fsp3) is 0.538. The highest BCUT2D eigenvalue weighted by Crippen LogP contribution is 2.07. The maximum absolute atomic E-state index is 12.3. The predicted molar refractivity (Wildman–Crippen MR) is 71.4 cm³/mol. The fourth-order valence-corrected chi connectivity index (χ4v) is 1.91. The highest BCUT2D eigenvalue weighted by Gasteiger charge is 2.20. The second-order valence-corrected chi connectivity index (χ2v) is 4.35. The predicted octanol–water partition coefficient (Wildman–Crippen LogP) is 0.0726. The zero-order valence-corrected chi connectivity index (χ0v) is 11.5. The van der Waals surface area contributed by atoms with E-state index >= 15 is 0 Å². The molecule has 2 N–H and O–H groups in total. The summed E-state index contributed by atoms with van der Waals surface area (Å²) in [6, 6.07) is 1.75. The molecule has 0 aliphatic rings. The quantitative estimate of drug-likeness (QED) is 0.765. The molecule has 0 saturated carbocycles. The van der Waals surface area contributed by atoms with E-state index < -0.39 is 5.56 Å². The minimum absolute atomic E-state index is 0.121. The number of aromatic nitrogens is 1. The molecule has 0 atom stereocenters. The minimum Gasteiger partial charge on any atom is -0.395 e. The van der Waals surface area contributed by atoms with Gasteiger partial charge in [0.05, 0.1) is 13.2 Å². The molecular weight excluding hydrogens is 248 g/mol. The number of ether oxygens (including phenoxy) is 1. The summed E-state index contributed by atoms with van der Waals surface area (Å²) in [5.41, 5.74) is 1.06. The lowest BCUT2D eigenvalue weighted by Crippen LogP contribution is -2.39. The molecule has 0 aliphatic carbocycles. The molecule has 6 heteroatoms. The van der Waals surface area contributed by atoms with Crippen LogP contribution in [0.2, 0.25) is 0 Å². The summed E-state index contributed by atoms with van der Waals surface area (Å²) in [6.45, 7) is 4.20. The van der Waals surface area contributed by atoms with Crippen molar-refractivity contribution in [1.29, 1.82) is 0 Å². The van der Waals surface area contributed by atoms with Crippen LogP contribution in [0.1, 0.15) is 21.6 Å². The number of aliphatic hydroxyl groups excluding tert-OH is 1. The van der Waals surface area contributed by atoms with Crippen molar-refractivity contribution >= 4 is 5.91 Å². The van der Waals surface area contributed by atoms with Crippen LogP contribution in [0.3, 0.4) is 0 Å². The topological polar surface area (TPSA) is 82.6 Å². The summed E-state index contributed by atoms with van der Waals surface area (Å²) >= 11 is 0. The van der Waals surface area contributed by atoms with Crippen molar-refractivity contribution in [3.8, 4) is 0 Å². The molecule has 0 spiro atoms. The number of methoxy groups -OCH3 is 1. The number of aliphatic hydroxyl groups is 1. The Morgan fingerprint density at radius 3 is 2.63 bits per heavy atom. The van der Waals surface area contributed by atoms with Gasteiger partial charge in [-0.05, 0) is 25.5 Å². The largest absolute Gasteiger partial charge is 0.395 e. The highest BCUT2D eigenvalue weighted by atomic mass is 16.5. The van der Waals surface area contributed by atoms with Gasteiger partial charge in [-0.2, -0.15) is 0 Å². The van der Waals surface area contributed by atoms with Crippen LogP contribution in [0, 0.1) is 13.8 Å². The molecule has 0 fully saturated rings. The Morgan fingerprint density at radius 1 is 1.42 bits per heavy atom. The first kappa shape index (κ1) is 15.4. The molecule has 0 unspecified atom stereocenters. The Bertz CT molecular complexity index is 496. The van der Waals surface area contributed by atoms with Crippen molar-refractivity contribution in [2.24, 2.45) is 0 Å². The van der Waals surface area contributed by atoms with E-state index in [1.807, 2.05) is 0 Å². The van der Waals surface area contributed by atoms with Crippen molar-refractivity contribution in [1.82, 2.24) is 9.88 Å². The number of rotatable bonds is 6. The van der Waals surface area contributed by atoms with Crippen molar-refractivity contribution in [3.05, 3.63) is 33.2 Å². The van der Waals surface area contributed by atoms with Gasteiger partial charge >= 0.3 is 0 Å². The normalized spacial score (nSPS) is 10.5. The molecule has 1 aromatic heterocycles. The Morgan fingerprint density at radius 2 is 2.11 bits per heavy atom. The Balaban J connectivity index is 3.05. The van der Waals surface area contributed by atoms with Crippen LogP contribution in [0.25, 0.3) is 0 Å². The molecule has 1 heterocycles. The molecule has 0 aliphatic heterocycles. The third-order valence-corrected chi connectivity index (χ3v) is 2.80. The monoisotopic (exact) mass is 268 g/mol. The van der Waals surface area contributed by atoms with E-state index in [0.717, 1.165) is 0 Å². The van der Waals surface area contributed by atoms with Crippen LogP contribution >= 0.6 is 0 Å². The van der Waals surface area contributed by atoms with E-state index in [2.05, 4.69) is 4.98 Å². The fourth-order valence-electron chi connectivity index (χ4n) is 1.91. The van der Waals surface area contributed by atoms with Gasteiger partial charge in [-0.3, -0.25) is 9.59 Å². The molecule has 1 rings (SSSR count). The first-order valence-electron chi connectivity index (χ1n) is 6.10. The standard InChI is InChI=1S/C13H20N2O4/c1-9-8-10(2)14-12(17)11(9)13(18)15(4-6-16)5-7-19-3/h8,16H,4-7H2,1-3H3,(H,14,17). The van der Waals surface area contributed by atoms with Gasteiger partial charge in [0.1, 0.15) is 5.56 Å². The van der Waals surface area contributed by atoms with Crippen LogP contribution in [0.4, 0.5) is 0 Å². The lowest BCUT2D eigenvalue weighted by molar-refractivity contribution is 0.0654. The van der Waals surface area contributed by atoms with E-state index in [9.17, 15) is 9.59 Å². The summed E-state index contributed by atoms with van der Waals surface area (Å²) in [5.74, 6) is -0.384. The maximum Gasteiger partial charge on any atom is 0.261 e. The molecule has 0 saturated heterocycles. The van der Waals surface area contributed by atoms with Gasteiger partial charge in [-0.25, -0.2) is 0 Å². The second kappa shape index (κ2) is 7.06. The lowest BCUT2D eigenvalue weighted by Gasteiger charge is -2.21. The molecule has 1 aromatic rings. The van der Waals surface area contributed by atoms with E-state index in [0.29, 0.717) is 24.4 Å². The molecular formula is C13H20N2O4. The number of carbonyl (C=O) groups is 1. The Labute approximate surface area is 112 Å². The van der Waals surface area contributed by atoms with Gasteiger partial charge < -0.3 is 19.7 Å². The number of H-pyrrole nitrogens is 1. The third kappa shape index (κ3) is 3.90. The SMILES string of the molecule is COCCN(CCO)C(=O)c1c(C)cc(C)[nH]c1=O. The number of aryl methyl sites for hydroxylation is 2. The zero-order valence-electron chi connectivity index (χ0n) is 11.5. The Hall–Kier alpha value is -1.66. The molecule has 106 valence electrons. The van der Waals surface area contributed by atoms with Gasteiger partial charge in [0.15, 0.2) is 0 Å². The van der Waals surface area contributed by atoms with Gasteiger partial charge in [0, 0.05) is 25.9 Å². The van der Waals surface area contributed by atoms with E-state index in [1.54, 1.807) is 19.9 Å². The van der Waals surface area contributed by atoms with Crippen LogP contribution < -0.4 is 5.56 Å². The third-order valence-electron chi connectivity index (χ3n) is 2.80. The van der Waals surface area contributed by atoms with Crippen LogP contribution in [-0.4, -0.2) is 54.3 Å². The number of amides is 1. The van der Waals surface area contributed by atoms with E-state index in [4.69, 9.17) is 9.84 Å². The molecule has 1 amide bonds. The number of nitrogens with zero attached hydrogens (tertiary/aromatic N) is 1. The number of carbonyl (C=O) groups excluding carboxylic acids is 1. The zero-order chi connectivity index (χ0) is 14.4. The first-order chi connectivity index (χ1) is 9.01. The van der Waals surface area contributed by atoms with E-state index in [1.165, 1.54) is 12.0 Å². The maximum atomic E-state index is 12.3. The van der Waals surface area contributed by atoms with E-state index in [-0.39, 0.29) is 24.6 Å². The summed E-state index contributed by atoms with van der Waals surface area (Å²) in [5, 5.41) is 8.99. The van der Waals surface area contributed by atoms with Crippen molar-refractivity contribution in [2.75, 3.05) is 33.4 Å². The summed E-state index contributed by atoms with van der Waals surface area (Å²) < 4.78 is 4.92. The van der Waals surface area contributed by atoms with Crippen molar-refractivity contribution in [2.45, 2.75) is 13.8 Å². The van der Waals surface area contributed by atoms with Gasteiger partial charge in [0.2, 0.25) is 0 Å². The first-order valence-corrected chi connectivity index (χ1v) is 6.10. The summed E-state index contributed by atoms with van der Waals surface area (Å²) in [7, 11) is 1.53. The van der Waals surface area contributed by atoms with Crippen LogP contribution in [-0.2, 0) is 4.74 Å².